The minimum atomic E-state index is -0.275. The van der Waals surface area contributed by atoms with Gasteiger partial charge in [0.25, 0.3) is 5.56 Å². The first-order valence-corrected chi connectivity index (χ1v) is 6.81. The first-order chi connectivity index (χ1) is 9.81. The molecule has 2 aromatic rings. The molecule has 106 valence electrons. The van der Waals surface area contributed by atoms with E-state index in [1.165, 1.54) is 0 Å². The van der Waals surface area contributed by atoms with Crippen LogP contribution in [0.15, 0.2) is 45.4 Å². The van der Waals surface area contributed by atoms with Crippen molar-refractivity contribution in [2.24, 2.45) is 10.2 Å². The number of nitrogens with one attached hydrogen (secondary N) is 3. The number of unbranched alkanes of at least 4 members (excludes halogenated alkanes) is 2. The van der Waals surface area contributed by atoms with E-state index in [1.54, 1.807) is 0 Å². The lowest BCUT2D eigenvalue weighted by molar-refractivity contribution is 0.713. The van der Waals surface area contributed by atoms with E-state index in [9.17, 15) is 4.79 Å². The summed E-state index contributed by atoms with van der Waals surface area (Å²) in [5.41, 5.74) is 0.887. The molecule has 1 heterocycles. The summed E-state index contributed by atoms with van der Waals surface area (Å²) in [7, 11) is 0. The molecule has 0 fully saturated rings. The number of rotatable bonds is 7. The van der Waals surface area contributed by atoms with E-state index in [0.29, 0.717) is 12.4 Å². The van der Waals surface area contributed by atoms with Gasteiger partial charge in [-0.25, -0.2) is 0 Å². The number of benzene rings is 1. The van der Waals surface area contributed by atoms with Gasteiger partial charge in [-0.1, -0.05) is 38.0 Å². The van der Waals surface area contributed by atoms with Crippen LogP contribution < -0.4 is 10.9 Å². The maximum Gasteiger partial charge on any atom is 0.293 e. The van der Waals surface area contributed by atoms with Crippen molar-refractivity contribution < 1.29 is 0 Å². The molecular weight excluding hydrogens is 254 g/mol. The Morgan fingerprint density at radius 3 is 2.70 bits per heavy atom. The Labute approximate surface area is 117 Å². The van der Waals surface area contributed by atoms with Gasteiger partial charge in [0, 0.05) is 5.69 Å². The topological polar surface area (TPSA) is 85.4 Å². The third kappa shape index (κ3) is 3.81. The van der Waals surface area contributed by atoms with Gasteiger partial charge in [-0.2, -0.15) is 5.11 Å². The number of nitrogens with zero attached hydrogens (tertiary/aromatic N) is 2. The summed E-state index contributed by atoms with van der Waals surface area (Å²) in [6.07, 6.45) is 3.25. The van der Waals surface area contributed by atoms with Crippen LogP contribution in [0.25, 0.3) is 0 Å². The number of azo groups is 1. The zero-order valence-electron chi connectivity index (χ0n) is 11.5. The zero-order valence-corrected chi connectivity index (χ0v) is 11.5. The molecule has 0 unspecified atom stereocenters. The van der Waals surface area contributed by atoms with Crippen molar-refractivity contribution in [1.82, 2.24) is 10.2 Å². The van der Waals surface area contributed by atoms with Crippen LogP contribution in [0.5, 0.6) is 0 Å². The van der Waals surface area contributed by atoms with Crippen LogP contribution in [-0.2, 0) is 0 Å². The lowest BCUT2D eigenvalue weighted by Gasteiger charge is -2.03. The van der Waals surface area contributed by atoms with E-state index in [2.05, 4.69) is 32.7 Å². The number of hydrogen-bond acceptors (Lipinski definition) is 4. The summed E-state index contributed by atoms with van der Waals surface area (Å²) < 4.78 is 0. The predicted molar refractivity (Wildman–Crippen MR) is 80.0 cm³/mol. The van der Waals surface area contributed by atoms with Crippen LogP contribution in [0.4, 0.5) is 17.2 Å². The number of aromatic amines is 2. The lowest BCUT2D eigenvalue weighted by atomic mass is 10.3. The molecule has 6 heteroatoms. The van der Waals surface area contributed by atoms with Crippen molar-refractivity contribution in [1.29, 1.82) is 0 Å². The monoisotopic (exact) mass is 273 g/mol. The van der Waals surface area contributed by atoms with E-state index in [-0.39, 0.29) is 11.2 Å². The van der Waals surface area contributed by atoms with Crippen molar-refractivity contribution in [2.45, 2.75) is 26.2 Å². The Balaban J connectivity index is 2.06. The van der Waals surface area contributed by atoms with Crippen LogP contribution >= 0.6 is 0 Å². The average molecular weight is 273 g/mol. The molecule has 0 radical (unpaired) electrons. The van der Waals surface area contributed by atoms with Gasteiger partial charge < -0.3 is 5.32 Å². The maximum atomic E-state index is 11.7. The third-order valence-electron chi connectivity index (χ3n) is 2.83. The second-order valence-corrected chi connectivity index (χ2v) is 4.47. The molecule has 2 rings (SSSR count). The van der Waals surface area contributed by atoms with E-state index < -0.39 is 0 Å². The lowest BCUT2D eigenvalue weighted by Crippen LogP contribution is -1.97. The van der Waals surface area contributed by atoms with Gasteiger partial charge in [-0.05, 0) is 18.6 Å². The molecule has 0 saturated carbocycles. The van der Waals surface area contributed by atoms with Gasteiger partial charge in [-0.15, -0.1) is 5.11 Å². The highest BCUT2D eigenvalue weighted by atomic mass is 16.1. The number of aromatic nitrogens is 2. The number of anilines is 2. The normalized spacial score (nSPS) is 11.1. The molecule has 0 bridgehead atoms. The van der Waals surface area contributed by atoms with Gasteiger partial charge in [0.1, 0.15) is 0 Å². The average Bonchev–Trinajstić information content (AvgIpc) is 2.81. The Hall–Kier alpha value is -2.37. The molecule has 20 heavy (non-hydrogen) atoms. The first-order valence-electron chi connectivity index (χ1n) is 6.81. The fourth-order valence-corrected chi connectivity index (χ4v) is 1.76. The molecule has 6 nitrogen and oxygen atoms in total. The predicted octanol–water partition coefficient (Wildman–Crippen LogP) is 3.72. The fourth-order valence-electron chi connectivity index (χ4n) is 1.76. The van der Waals surface area contributed by atoms with Gasteiger partial charge in [0.2, 0.25) is 0 Å². The Kier molecular flexibility index (Phi) is 5.11. The number of para-hydroxylation sites is 1. The zero-order chi connectivity index (χ0) is 14.2. The van der Waals surface area contributed by atoms with Gasteiger partial charge in [-0.3, -0.25) is 15.0 Å². The van der Waals surface area contributed by atoms with Gasteiger partial charge in [0.15, 0.2) is 11.5 Å². The molecule has 0 aliphatic rings. The molecular formula is C14H19N5O. The smallest absolute Gasteiger partial charge is 0.293 e. The summed E-state index contributed by atoms with van der Waals surface area (Å²) in [5, 5.41) is 16.5. The molecule has 0 spiro atoms. The van der Waals surface area contributed by atoms with Crippen molar-refractivity contribution in [3.8, 4) is 0 Å². The van der Waals surface area contributed by atoms with E-state index >= 15 is 0 Å². The molecule has 1 aromatic heterocycles. The Morgan fingerprint density at radius 1 is 1.15 bits per heavy atom. The SMILES string of the molecule is CCCCC/N=N/c1c(Nc2ccccc2)[nH][nH]c1=O. The van der Waals surface area contributed by atoms with Crippen LogP contribution in [0.2, 0.25) is 0 Å². The van der Waals surface area contributed by atoms with E-state index in [0.717, 1.165) is 24.9 Å². The maximum absolute atomic E-state index is 11.7. The standard InChI is InChI=1S/C14H19N5O/c1-2-3-7-10-15-17-12-13(18-19-14(12)20)16-11-8-5-4-6-9-11/h4-6,8-9H,2-3,7,10H2,1H3,(H3,16,18,19,20)/b17-15+. The summed E-state index contributed by atoms with van der Waals surface area (Å²) in [5.74, 6) is 0.528. The number of hydrogen-bond donors (Lipinski definition) is 3. The Morgan fingerprint density at radius 2 is 1.95 bits per heavy atom. The second-order valence-electron chi connectivity index (χ2n) is 4.47. The first kappa shape index (κ1) is 14.0. The minimum absolute atomic E-state index is 0.275. The van der Waals surface area contributed by atoms with Gasteiger partial charge in [0.05, 0.1) is 6.54 Å². The van der Waals surface area contributed by atoms with E-state index in [1.807, 2.05) is 30.3 Å². The third-order valence-corrected chi connectivity index (χ3v) is 2.83. The minimum Gasteiger partial charge on any atom is -0.339 e. The molecule has 1 aromatic carbocycles. The molecule has 0 aliphatic carbocycles. The number of H-pyrrole nitrogens is 2. The highest BCUT2D eigenvalue weighted by molar-refractivity contribution is 5.66. The van der Waals surface area contributed by atoms with Crippen molar-refractivity contribution in [3.05, 3.63) is 40.7 Å². The largest absolute Gasteiger partial charge is 0.339 e. The van der Waals surface area contributed by atoms with Gasteiger partial charge >= 0.3 is 0 Å². The van der Waals surface area contributed by atoms with Crippen molar-refractivity contribution in [3.63, 3.8) is 0 Å². The second kappa shape index (κ2) is 7.28. The van der Waals surface area contributed by atoms with E-state index in [4.69, 9.17) is 0 Å². The highest BCUT2D eigenvalue weighted by Gasteiger charge is 2.09. The molecule has 3 N–H and O–H groups in total. The quantitative estimate of drug-likeness (QED) is 0.530. The molecule has 0 atom stereocenters. The summed E-state index contributed by atoms with van der Waals surface area (Å²) in [4.78, 5) is 11.7. The molecule has 0 amide bonds. The summed E-state index contributed by atoms with van der Waals surface area (Å²) in [6, 6.07) is 9.58. The molecule has 0 aliphatic heterocycles. The Bertz CT molecular complexity index is 600. The van der Waals surface area contributed by atoms with Crippen molar-refractivity contribution in [2.75, 3.05) is 11.9 Å². The summed E-state index contributed by atoms with van der Waals surface area (Å²) in [6.45, 7) is 2.78. The van der Waals surface area contributed by atoms with Crippen LogP contribution in [0.1, 0.15) is 26.2 Å². The van der Waals surface area contributed by atoms with Crippen LogP contribution in [0.3, 0.4) is 0 Å². The summed E-state index contributed by atoms with van der Waals surface area (Å²) >= 11 is 0. The molecule has 0 saturated heterocycles. The fraction of sp³-hybridized carbons (Fsp3) is 0.357. The highest BCUT2D eigenvalue weighted by Crippen LogP contribution is 2.21. The van der Waals surface area contributed by atoms with Crippen LogP contribution in [0, 0.1) is 0 Å². The van der Waals surface area contributed by atoms with Crippen LogP contribution in [-0.4, -0.2) is 16.7 Å². The van der Waals surface area contributed by atoms with Crippen molar-refractivity contribution >= 4 is 17.2 Å².